The number of hydrogen-bond acceptors (Lipinski definition) is 4. The maximum absolute atomic E-state index is 14.2. The van der Waals surface area contributed by atoms with Gasteiger partial charge in [0.05, 0.1) is 12.8 Å². The molecule has 0 atom stereocenters. The van der Waals surface area contributed by atoms with Crippen molar-refractivity contribution in [1.29, 1.82) is 0 Å². The van der Waals surface area contributed by atoms with Crippen LogP contribution in [0.15, 0.2) is 72.2 Å². The van der Waals surface area contributed by atoms with E-state index in [0.29, 0.717) is 17.2 Å². The second kappa shape index (κ2) is 8.94. The van der Waals surface area contributed by atoms with E-state index in [0.717, 1.165) is 37.3 Å². The first-order valence-electron chi connectivity index (χ1n) is 10.5. The Labute approximate surface area is 183 Å². The van der Waals surface area contributed by atoms with Gasteiger partial charge >= 0.3 is 0 Å². The lowest BCUT2D eigenvalue weighted by Gasteiger charge is -2.38. The molecular weight excluding hydrogens is 393 g/mol. The van der Waals surface area contributed by atoms with Crippen LogP contribution < -0.4 is 4.74 Å². The van der Waals surface area contributed by atoms with Crippen molar-refractivity contribution in [3.8, 4) is 5.75 Å². The van der Waals surface area contributed by atoms with Gasteiger partial charge in [0.2, 0.25) is 0 Å². The van der Waals surface area contributed by atoms with Crippen LogP contribution in [0, 0.1) is 5.82 Å². The van der Waals surface area contributed by atoms with Gasteiger partial charge in [-0.25, -0.2) is 4.39 Å². The Morgan fingerprint density at radius 3 is 2.52 bits per heavy atom. The maximum atomic E-state index is 14.2. The van der Waals surface area contributed by atoms with Crippen LogP contribution in [0.25, 0.3) is 5.57 Å². The Kier molecular flexibility index (Phi) is 6.09. The van der Waals surface area contributed by atoms with Gasteiger partial charge in [-0.2, -0.15) is 0 Å². The minimum Gasteiger partial charge on any atom is -0.494 e. The summed E-state index contributed by atoms with van der Waals surface area (Å²) < 4.78 is 19.2. The molecule has 0 radical (unpaired) electrons. The predicted octanol–water partition coefficient (Wildman–Crippen LogP) is 3.94. The summed E-state index contributed by atoms with van der Waals surface area (Å²) in [6.07, 6.45) is 15.3. The molecule has 0 saturated carbocycles. The van der Waals surface area contributed by atoms with Crippen LogP contribution >= 0.6 is 0 Å². The minimum absolute atomic E-state index is 0.160. The summed E-state index contributed by atoms with van der Waals surface area (Å²) in [5, 5.41) is 0. The van der Waals surface area contributed by atoms with Crippen LogP contribution in [0.2, 0.25) is 0 Å². The van der Waals surface area contributed by atoms with Gasteiger partial charge in [-0.1, -0.05) is 18.2 Å². The summed E-state index contributed by atoms with van der Waals surface area (Å²) in [6.45, 7) is 1.93. The zero-order chi connectivity index (χ0) is 22.0. The number of fused-ring (bicyclic) bond motifs is 1. The van der Waals surface area contributed by atoms with E-state index in [4.69, 9.17) is 4.74 Å². The molecule has 1 fully saturated rings. The Balaban J connectivity index is 1.57. The van der Waals surface area contributed by atoms with Crippen molar-refractivity contribution in [3.05, 3.63) is 83.6 Å². The summed E-state index contributed by atoms with van der Waals surface area (Å²) in [4.78, 5) is 19.4. The molecule has 6 heteroatoms. The largest absolute Gasteiger partial charge is 0.494 e. The number of nitrogens with zero attached hydrogens (tertiary/aromatic N) is 3. The van der Waals surface area contributed by atoms with Crippen molar-refractivity contribution in [3.63, 3.8) is 0 Å². The summed E-state index contributed by atoms with van der Waals surface area (Å²) in [5.41, 5.74) is 3.13. The zero-order valence-corrected chi connectivity index (χ0v) is 18.2. The SMILES string of the molecule is COc1ccc(C2=CC(=O)N3C=C(N4CCC(N(C)C)CC4)C=C/C3=C\C=C2)cc1F. The van der Waals surface area contributed by atoms with Crippen LogP contribution in [-0.2, 0) is 4.79 Å². The second-order valence-corrected chi connectivity index (χ2v) is 8.18. The number of amides is 1. The minimum atomic E-state index is -0.454. The molecule has 4 rings (SSSR count). The van der Waals surface area contributed by atoms with E-state index >= 15 is 0 Å². The number of allylic oxidation sites excluding steroid dienone is 6. The third kappa shape index (κ3) is 4.49. The maximum Gasteiger partial charge on any atom is 0.255 e. The summed E-state index contributed by atoms with van der Waals surface area (Å²) in [7, 11) is 5.68. The first-order valence-corrected chi connectivity index (χ1v) is 10.5. The molecular formula is C25H28FN3O2. The third-order valence-corrected chi connectivity index (χ3v) is 6.07. The van der Waals surface area contributed by atoms with E-state index in [1.807, 2.05) is 30.5 Å². The number of hydrogen-bond donors (Lipinski definition) is 0. The van der Waals surface area contributed by atoms with E-state index in [2.05, 4.69) is 30.0 Å². The quantitative estimate of drug-likeness (QED) is 0.738. The number of rotatable bonds is 4. The molecule has 3 heterocycles. The van der Waals surface area contributed by atoms with Gasteiger partial charge in [0.15, 0.2) is 11.6 Å². The molecule has 1 amide bonds. The van der Waals surface area contributed by atoms with Crippen molar-refractivity contribution in [2.24, 2.45) is 0 Å². The molecule has 3 aliphatic rings. The highest BCUT2D eigenvalue weighted by Crippen LogP contribution is 2.28. The first-order chi connectivity index (χ1) is 15.0. The van der Waals surface area contributed by atoms with Crippen LogP contribution in [-0.4, -0.2) is 60.9 Å². The first kappa shape index (κ1) is 21.1. The fourth-order valence-corrected chi connectivity index (χ4v) is 4.18. The van der Waals surface area contributed by atoms with E-state index < -0.39 is 5.82 Å². The van der Waals surface area contributed by atoms with Gasteiger partial charge in [-0.05, 0) is 68.4 Å². The normalized spacial score (nSPS) is 21.2. The van der Waals surface area contributed by atoms with Gasteiger partial charge in [-0.15, -0.1) is 0 Å². The molecule has 1 aromatic carbocycles. The monoisotopic (exact) mass is 421 g/mol. The number of carbonyl (C=O) groups is 1. The second-order valence-electron chi connectivity index (χ2n) is 8.18. The summed E-state index contributed by atoms with van der Waals surface area (Å²) in [6, 6.07) is 5.32. The Bertz CT molecular complexity index is 1010. The predicted molar refractivity (Wildman–Crippen MR) is 121 cm³/mol. The smallest absolute Gasteiger partial charge is 0.255 e. The van der Waals surface area contributed by atoms with Crippen molar-refractivity contribution < 1.29 is 13.9 Å². The lowest BCUT2D eigenvalue weighted by Crippen LogP contribution is -2.42. The zero-order valence-electron chi connectivity index (χ0n) is 18.2. The topological polar surface area (TPSA) is 36.0 Å². The number of methoxy groups -OCH3 is 1. The van der Waals surface area contributed by atoms with Crippen LogP contribution in [0.1, 0.15) is 18.4 Å². The van der Waals surface area contributed by atoms with Crippen molar-refractivity contribution >= 4 is 11.5 Å². The molecule has 31 heavy (non-hydrogen) atoms. The van der Waals surface area contributed by atoms with Gasteiger partial charge in [0.1, 0.15) is 0 Å². The lowest BCUT2D eigenvalue weighted by atomic mass is 10.0. The average molecular weight is 422 g/mol. The molecule has 0 N–H and O–H groups in total. The molecule has 162 valence electrons. The molecule has 0 bridgehead atoms. The highest BCUT2D eigenvalue weighted by molar-refractivity contribution is 5.99. The average Bonchev–Trinajstić information content (AvgIpc) is 2.77. The van der Waals surface area contributed by atoms with E-state index in [1.165, 1.54) is 13.2 Å². The molecule has 1 saturated heterocycles. The Hall–Kier alpha value is -3.12. The number of carbonyl (C=O) groups excluding carboxylic acids is 1. The summed E-state index contributed by atoms with van der Waals surface area (Å²) >= 11 is 0. The number of ether oxygens (including phenoxy) is 1. The molecule has 3 aliphatic heterocycles. The van der Waals surface area contributed by atoms with Gasteiger partial charge in [-0.3, -0.25) is 9.69 Å². The fraction of sp³-hybridized carbons (Fsp3) is 0.320. The van der Waals surface area contributed by atoms with Gasteiger partial charge < -0.3 is 14.5 Å². The van der Waals surface area contributed by atoms with Crippen molar-refractivity contribution in [1.82, 2.24) is 14.7 Å². The van der Waals surface area contributed by atoms with E-state index in [-0.39, 0.29) is 11.7 Å². The fourth-order valence-electron chi connectivity index (χ4n) is 4.18. The number of benzene rings is 1. The molecule has 0 aromatic heterocycles. The number of piperidine rings is 1. The third-order valence-electron chi connectivity index (χ3n) is 6.07. The highest BCUT2D eigenvalue weighted by Gasteiger charge is 2.25. The van der Waals surface area contributed by atoms with Crippen molar-refractivity contribution in [2.75, 3.05) is 34.3 Å². The van der Waals surface area contributed by atoms with Crippen LogP contribution in [0.3, 0.4) is 0 Å². The molecule has 5 nitrogen and oxygen atoms in total. The Morgan fingerprint density at radius 2 is 1.84 bits per heavy atom. The standard InChI is InChI=1S/C25H28FN3O2/c1-27(2)20-11-13-28(14-12-20)22-9-8-21-6-4-5-18(16-25(30)29(21)17-22)19-7-10-24(31-3)23(26)15-19/h4-10,15-17,20H,11-14H2,1-3H3/b5-4?,18-16?,21-6+. The number of likely N-dealkylation sites (tertiary alicyclic amines) is 1. The Morgan fingerprint density at radius 1 is 1.10 bits per heavy atom. The molecule has 0 aliphatic carbocycles. The van der Waals surface area contributed by atoms with Gasteiger partial charge in [0.25, 0.3) is 5.91 Å². The van der Waals surface area contributed by atoms with E-state index in [1.54, 1.807) is 23.1 Å². The van der Waals surface area contributed by atoms with Crippen LogP contribution in [0.4, 0.5) is 4.39 Å². The van der Waals surface area contributed by atoms with Crippen LogP contribution in [0.5, 0.6) is 5.75 Å². The number of halogens is 1. The van der Waals surface area contributed by atoms with Crippen molar-refractivity contribution in [2.45, 2.75) is 18.9 Å². The van der Waals surface area contributed by atoms with Gasteiger partial charge in [0, 0.05) is 37.1 Å². The lowest BCUT2D eigenvalue weighted by molar-refractivity contribution is -0.122. The van der Waals surface area contributed by atoms with E-state index in [9.17, 15) is 9.18 Å². The summed E-state index contributed by atoms with van der Waals surface area (Å²) in [5.74, 6) is -0.435. The molecule has 1 aromatic rings. The molecule has 0 spiro atoms. The molecule has 0 unspecified atom stereocenters. The highest BCUT2D eigenvalue weighted by atomic mass is 19.1.